The Balaban J connectivity index is 2.17. The van der Waals surface area contributed by atoms with Crippen LogP contribution in [-0.4, -0.2) is 15.7 Å². The Labute approximate surface area is 100 Å². The molecule has 0 aliphatic carbocycles. The molecule has 0 radical (unpaired) electrons. The molecule has 0 atom stereocenters. The number of aryl methyl sites for hydroxylation is 2. The van der Waals surface area contributed by atoms with Gasteiger partial charge in [-0.3, -0.25) is 9.48 Å². The summed E-state index contributed by atoms with van der Waals surface area (Å²) in [4.78, 5) is 12.0. The lowest BCUT2D eigenvalue weighted by atomic mass is 10.2. The third-order valence-corrected chi connectivity index (χ3v) is 2.79. The van der Waals surface area contributed by atoms with E-state index >= 15 is 0 Å². The number of aromatic nitrogens is 2. The van der Waals surface area contributed by atoms with E-state index in [4.69, 9.17) is 0 Å². The van der Waals surface area contributed by atoms with Crippen molar-refractivity contribution in [2.24, 2.45) is 7.05 Å². The highest BCUT2D eigenvalue weighted by atomic mass is 16.1. The summed E-state index contributed by atoms with van der Waals surface area (Å²) >= 11 is 0. The topological polar surface area (TPSA) is 46.9 Å². The van der Waals surface area contributed by atoms with Crippen molar-refractivity contribution >= 4 is 11.6 Å². The van der Waals surface area contributed by atoms with Crippen molar-refractivity contribution in [3.8, 4) is 0 Å². The van der Waals surface area contributed by atoms with Crippen molar-refractivity contribution in [1.82, 2.24) is 9.78 Å². The van der Waals surface area contributed by atoms with E-state index in [1.807, 2.05) is 45.2 Å². The zero-order valence-electron chi connectivity index (χ0n) is 10.2. The molecule has 1 aromatic heterocycles. The summed E-state index contributed by atoms with van der Waals surface area (Å²) in [5, 5.41) is 6.90. The number of rotatable bonds is 2. The molecule has 88 valence electrons. The van der Waals surface area contributed by atoms with Crippen LogP contribution in [0.2, 0.25) is 0 Å². The van der Waals surface area contributed by atoms with E-state index in [-0.39, 0.29) is 5.91 Å². The minimum Gasteiger partial charge on any atom is -0.322 e. The van der Waals surface area contributed by atoms with Crippen LogP contribution in [0.5, 0.6) is 0 Å². The average molecular weight is 229 g/mol. The molecule has 0 fully saturated rings. The van der Waals surface area contributed by atoms with Gasteiger partial charge in [-0.1, -0.05) is 17.7 Å². The Kier molecular flexibility index (Phi) is 2.95. The second-order valence-corrected chi connectivity index (χ2v) is 4.09. The van der Waals surface area contributed by atoms with E-state index in [0.29, 0.717) is 5.56 Å². The maximum Gasteiger partial charge on any atom is 0.259 e. The molecule has 1 amide bonds. The Morgan fingerprint density at radius 1 is 1.24 bits per heavy atom. The van der Waals surface area contributed by atoms with Gasteiger partial charge in [0.15, 0.2) is 0 Å². The zero-order chi connectivity index (χ0) is 12.4. The fraction of sp³-hybridized carbons (Fsp3) is 0.231. The van der Waals surface area contributed by atoms with E-state index in [2.05, 4.69) is 10.4 Å². The van der Waals surface area contributed by atoms with Crippen molar-refractivity contribution in [3.05, 3.63) is 47.3 Å². The molecule has 0 aliphatic heterocycles. The Hall–Kier alpha value is -2.10. The molecule has 0 saturated heterocycles. The standard InChI is InChI=1S/C13H15N3O/c1-9-4-6-11(7-5-9)15-13(17)12-8-14-16(3)10(12)2/h4-8H,1-3H3,(H,15,17). The van der Waals surface area contributed by atoms with Gasteiger partial charge in [-0.05, 0) is 26.0 Å². The first kappa shape index (κ1) is 11.4. The first-order valence-corrected chi connectivity index (χ1v) is 5.44. The molecule has 4 nitrogen and oxygen atoms in total. The molecule has 2 aromatic rings. The largest absolute Gasteiger partial charge is 0.322 e. The van der Waals surface area contributed by atoms with Gasteiger partial charge in [0.2, 0.25) is 0 Å². The van der Waals surface area contributed by atoms with Gasteiger partial charge in [0.1, 0.15) is 0 Å². The number of nitrogens with zero attached hydrogens (tertiary/aromatic N) is 2. The zero-order valence-corrected chi connectivity index (χ0v) is 10.2. The van der Waals surface area contributed by atoms with Gasteiger partial charge >= 0.3 is 0 Å². The maximum atomic E-state index is 12.0. The number of anilines is 1. The van der Waals surface area contributed by atoms with E-state index < -0.39 is 0 Å². The summed E-state index contributed by atoms with van der Waals surface area (Å²) in [6.45, 7) is 3.88. The highest BCUT2D eigenvalue weighted by Crippen LogP contribution is 2.12. The smallest absolute Gasteiger partial charge is 0.259 e. The third-order valence-electron chi connectivity index (χ3n) is 2.79. The van der Waals surface area contributed by atoms with Gasteiger partial charge in [-0.2, -0.15) is 5.10 Å². The van der Waals surface area contributed by atoms with Crippen LogP contribution in [0.25, 0.3) is 0 Å². The molecule has 2 rings (SSSR count). The highest BCUT2D eigenvalue weighted by Gasteiger charge is 2.12. The molecule has 0 aliphatic rings. The molecular weight excluding hydrogens is 214 g/mol. The maximum absolute atomic E-state index is 12.0. The second kappa shape index (κ2) is 4.41. The second-order valence-electron chi connectivity index (χ2n) is 4.09. The number of carbonyl (C=O) groups excluding carboxylic acids is 1. The van der Waals surface area contributed by atoms with Gasteiger partial charge in [0.25, 0.3) is 5.91 Å². The molecule has 4 heteroatoms. The van der Waals surface area contributed by atoms with E-state index in [1.165, 1.54) is 5.56 Å². The quantitative estimate of drug-likeness (QED) is 0.858. The van der Waals surface area contributed by atoms with Crippen LogP contribution in [0.15, 0.2) is 30.5 Å². The van der Waals surface area contributed by atoms with Crippen molar-refractivity contribution in [2.75, 3.05) is 5.32 Å². The number of hydrogen-bond donors (Lipinski definition) is 1. The van der Waals surface area contributed by atoms with E-state index in [9.17, 15) is 4.79 Å². The molecule has 0 bridgehead atoms. The average Bonchev–Trinajstić information content (AvgIpc) is 2.63. The molecule has 0 unspecified atom stereocenters. The fourth-order valence-electron chi connectivity index (χ4n) is 1.56. The minimum atomic E-state index is -0.126. The van der Waals surface area contributed by atoms with Crippen molar-refractivity contribution in [1.29, 1.82) is 0 Å². The minimum absolute atomic E-state index is 0.126. The third kappa shape index (κ3) is 2.36. The Morgan fingerprint density at radius 2 is 1.88 bits per heavy atom. The van der Waals surface area contributed by atoms with Gasteiger partial charge in [-0.25, -0.2) is 0 Å². The van der Waals surface area contributed by atoms with Crippen LogP contribution in [0.3, 0.4) is 0 Å². The molecule has 0 spiro atoms. The van der Waals surface area contributed by atoms with E-state index in [0.717, 1.165) is 11.4 Å². The normalized spacial score (nSPS) is 10.3. The SMILES string of the molecule is Cc1ccc(NC(=O)c2cnn(C)c2C)cc1. The van der Waals surface area contributed by atoms with E-state index in [1.54, 1.807) is 10.9 Å². The van der Waals surface area contributed by atoms with Crippen LogP contribution in [0.1, 0.15) is 21.6 Å². The lowest BCUT2D eigenvalue weighted by Gasteiger charge is -2.05. The van der Waals surface area contributed by atoms with Crippen LogP contribution in [-0.2, 0) is 7.05 Å². The van der Waals surface area contributed by atoms with Crippen molar-refractivity contribution < 1.29 is 4.79 Å². The van der Waals surface area contributed by atoms with Gasteiger partial charge in [0.05, 0.1) is 11.8 Å². The highest BCUT2D eigenvalue weighted by molar-refractivity contribution is 6.04. The molecular formula is C13H15N3O. The lowest BCUT2D eigenvalue weighted by molar-refractivity contribution is 0.102. The van der Waals surface area contributed by atoms with Crippen LogP contribution in [0.4, 0.5) is 5.69 Å². The van der Waals surface area contributed by atoms with Gasteiger partial charge in [0, 0.05) is 18.4 Å². The van der Waals surface area contributed by atoms with Crippen LogP contribution >= 0.6 is 0 Å². The monoisotopic (exact) mass is 229 g/mol. The Morgan fingerprint density at radius 3 is 2.41 bits per heavy atom. The van der Waals surface area contributed by atoms with Crippen molar-refractivity contribution in [3.63, 3.8) is 0 Å². The molecule has 1 N–H and O–H groups in total. The molecule has 0 saturated carbocycles. The van der Waals surface area contributed by atoms with Crippen LogP contribution in [0, 0.1) is 13.8 Å². The fourth-order valence-corrected chi connectivity index (χ4v) is 1.56. The summed E-state index contributed by atoms with van der Waals surface area (Å²) < 4.78 is 1.68. The summed E-state index contributed by atoms with van der Waals surface area (Å²) in [5.74, 6) is -0.126. The summed E-state index contributed by atoms with van der Waals surface area (Å²) in [5.41, 5.74) is 3.42. The van der Waals surface area contributed by atoms with Gasteiger partial charge in [-0.15, -0.1) is 0 Å². The number of carbonyl (C=O) groups is 1. The number of benzene rings is 1. The number of nitrogens with one attached hydrogen (secondary N) is 1. The van der Waals surface area contributed by atoms with Crippen molar-refractivity contribution in [2.45, 2.75) is 13.8 Å². The number of amides is 1. The van der Waals surface area contributed by atoms with Crippen LogP contribution < -0.4 is 5.32 Å². The first-order chi connectivity index (χ1) is 8.08. The summed E-state index contributed by atoms with van der Waals surface area (Å²) in [6.07, 6.45) is 1.58. The molecule has 1 aromatic carbocycles. The lowest BCUT2D eigenvalue weighted by Crippen LogP contribution is -2.12. The summed E-state index contributed by atoms with van der Waals surface area (Å²) in [6, 6.07) is 7.70. The predicted octanol–water partition coefficient (Wildman–Crippen LogP) is 2.29. The molecule has 17 heavy (non-hydrogen) atoms. The Bertz CT molecular complexity index is 540. The summed E-state index contributed by atoms with van der Waals surface area (Å²) in [7, 11) is 1.82. The number of hydrogen-bond acceptors (Lipinski definition) is 2. The predicted molar refractivity (Wildman–Crippen MR) is 67.1 cm³/mol. The van der Waals surface area contributed by atoms with Gasteiger partial charge < -0.3 is 5.32 Å². The first-order valence-electron chi connectivity index (χ1n) is 5.44. The molecule has 1 heterocycles.